The number of aliphatic hydroxyl groups is 4. The van der Waals surface area contributed by atoms with E-state index in [1.807, 2.05) is 0 Å². The van der Waals surface area contributed by atoms with Crippen molar-refractivity contribution in [2.75, 3.05) is 6.61 Å². The Morgan fingerprint density at radius 1 is 0.906 bits per heavy atom. The van der Waals surface area contributed by atoms with Gasteiger partial charge in [-0.2, -0.15) is 0 Å². The van der Waals surface area contributed by atoms with Gasteiger partial charge in [0.1, 0.15) is 52.6 Å². The lowest BCUT2D eigenvalue weighted by Gasteiger charge is -2.39. The van der Waals surface area contributed by atoms with Gasteiger partial charge in [0.25, 0.3) is 0 Å². The molecule has 1 saturated heterocycles. The van der Waals surface area contributed by atoms with Crippen LogP contribution in [0.25, 0.3) is 22.3 Å². The number of aromatic hydroxyl groups is 3. The second-order valence-corrected chi connectivity index (χ2v) is 7.29. The fraction of sp³-hybridized carbons (Fsp3) is 0.286. The molecule has 4 rings (SSSR count). The molecule has 0 bridgehead atoms. The van der Waals surface area contributed by atoms with Gasteiger partial charge in [0.05, 0.1) is 6.61 Å². The number of aliphatic hydroxyl groups excluding tert-OH is 4. The minimum absolute atomic E-state index is 0.0661. The summed E-state index contributed by atoms with van der Waals surface area (Å²) in [6, 6.07) is 7.48. The zero-order valence-corrected chi connectivity index (χ0v) is 16.3. The Labute approximate surface area is 179 Å². The average Bonchev–Trinajstić information content (AvgIpc) is 2.75. The van der Waals surface area contributed by atoms with Crippen molar-refractivity contribution in [3.63, 3.8) is 0 Å². The van der Waals surface area contributed by atoms with Crippen LogP contribution in [-0.2, 0) is 4.74 Å². The standard InChI is InChI=1S/C21H20O11/c22-7-13-15(26)17(28)18(29)21(31-13)32-20-16(27)14-11(25)5-10(24)6-12(14)30-19(20)8-1-3-9(23)4-2-8/h1-6,13,15,17-18,21-26,28-29H,7H2/t13?,15-,17?,18-,21?/m1/s1. The lowest BCUT2D eigenvalue weighted by Crippen LogP contribution is -2.60. The van der Waals surface area contributed by atoms with Crippen LogP contribution in [0.3, 0.4) is 0 Å². The molecule has 0 radical (unpaired) electrons. The van der Waals surface area contributed by atoms with Crippen molar-refractivity contribution < 1.29 is 49.6 Å². The van der Waals surface area contributed by atoms with E-state index < -0.39 is 54.2 Å². The number of hydrogen-bond acceptors (Lipinski definition) is 11. The summed E-state index contributed by atoms with van der Waals surface area (Å²) in [4.78, 5) is 13.2. The highest BCUT2D eigenvalue weighted by Crippen LogP contribution is 2.37. The first-order chi connectivity index (χ1) is 15.2. The van der Waals surface area contributed by atoms with Gasteiger partial charge in [-0.3, -0.25) is 4.79 Å². The van der Waals surface area contributed by atoms with E-state index in [1.165, 1.54) is 24.3 Å². The molecule has 170 valence electrons. The number of phenolic OH excluding ortho intramolecular Hbond substituents is 3. The van der Waals surface area contributed by atoms with E-state index in [0.717, 1.165) is 12.1 Å². The van der Waals surface area contributed by atoms with Crippen molar-refractivity contribution >= 4 is 11.0 Å². The van der Waals surface area contributed by atoms with Crippen molar-refractivity contribution in [2.24, 2.45) is 0 Å². The summed E-state index contributed by atoms with van der Waals surface area (Å²) in [5.74, 6) is -1.73. The third-order valence-electron chi connectivity index (χ3n) is 5.13. The van der Waals surface area contributed by atoms with Gasteiger partial charge in [0.2, 0.25) is 17.5 Å². The summed E-state index contributed by atoms with van der Waals surface area (Å²) in [5, 5.41) is 68.8. The molecule has 11 nitrogen and oxygen atoms in total. The molecule has 0 saturated carbocycles. The van der Waals surface area contributed by atoms with Gasteiger partial charge < -0.3 is 49.6 Å². The first-order valence-corrected chi connectivity index (χ1v) is 9.50. The first-order valence-electron chi connectivity index (χ1n) is 9.50. The van der Waals surface area contributed by atoms with Crippen molar-refractivity contribution in [3.05, 3.63) is 46.6 Å². The largest absolute Gasteiger partial charge is 0.508 e. The second kappa shape index (κ2) is 8.30. The molecule has 3 aromatic rings. The first kappa shape index (κ1) is 21.9. The molecule has 0 aliphatic carbocycles. The highest BCUT2D eigenvalue weighted by atomic mass is 16.7. The lowest BCUT2D eigenvalue weighted by atomic mass is 9.99. The predicted octanol–water partition coefficient (Wildman–Crippen LogP) is -0.244. The molecule has 2 heterocycles. The van der Waals surface area contributed by atoms with Crippen LogP contribution < -0.4 is 10.2 Å². The van der Waals surface area contributed by atoms with E-state index in [1.54, 1.807) is 0 Å². The Hall–Kier alpha value is -3.35. The molecule has 2 aromatic carbocycles. The molecule has 0 spiro atoms. The van der Waals surface area contributed by atoms with Gasteiger partial charge in [-0.1, -0.05) is 0 Å². The van der Waals surface area contributed by atoms with Crippen LogP contribution in [0.4, 0.5) is 0 Å². The van der Waals surface area contributed by atoms with Crippen molar-refractivity contribution in [2.45, 2.75) is 30.7 Å². The smallest absolute Gasteiger partial charge is 0.239 e. The van der Waals surface area contributed by atoms with Gasteiger partial charge in [-0.05, 0) is 24.3 Å². The third-order valence-corrected chi connectivity index (χ3v) is 5.13. The quantitative estimate of drug-likeness (QED) is 0.279. The topological polar surface area (TPSA) is 190 Å². The van der Waals surface area contributed by atoms with Gasteiger partial charge in [-0.15, -0.1) is 0 Å². The number of hydrogen-bond donors (Lipinski definition) is 7. The van der Waals surface area contributed by atoms with E-state index in [4.69, 9.17) is 13.9 Å². The van der Waals surface area contributed by atoms with Crippen LogP contribution in [0.15, 0.2) is 45.6 Å². The maximum Gasteiger partial charge on any atom is 0.239 e. The van der Waals surface area contributed by atoms with Gasteiger partial charge in [-0.25, -0.2) is 0 Å². The number of benzene rings is 2. The molecule has 1 fully saturated rings. The van der Waals surface area contributed by atoms with Crippen LogP contribution in [0.2, 0.25) is 0 Å². The number of fused-ring (bicyclic) bond motifs is 1. The molecular weight excluding hydrogens is 428 g/mol. The fourth-order valence-corrected chi connectivity index (χ4v) is 3.46. The summed E-state index contributed by atoms with van der Waals surface area (Å²) in [6.07, 6.45) is -8.16. The van der Waals surface area contributed by atoms with Gasteiger partial charge in [0, 0.05) is 17.7 Å². The molecule has 1 aliphatic heterocycles. The lowest BCUT2D eigenvalue weighted by molar-refractivity contribution is -0.277. The summed E-state index contributed by atoms with van der Waals surface area (Å²) < 4.78 is 16.6. The van der Waals surface area contributed by atoms with E-state index >= 15 is 0 Å². The summed E-state index contributed by atoms with van der Waals surface area (Å²) in [7, 11) is 0. The Bertz CT molecular complexity index is 1190. The number of phenols is 3. The van der Waals surface area contributed by atoms with E-state index in [9.17, 15) is 40.5 Å². The molecular formula is C21H20O11. The van der Waals surface area contributed by atoms with E-state index in [2.05, 4.69) is 0 Å². The third kappa shape index (κ3) is 3.72. The Morgan fingerprint density at radius 3 is 2.25 bits per heavy atom. The fourth-order valence-electron chi connectivity index (χ4n) is 3.46. The second-order valence-electron chi connectivity index (χ2n) is 7.29. The van der Waals surface area contributed by atoms with E-state index in [0.29, 0.717) is 0 Å². The van der Waals surface area contributed by atoms with Crippen LogP contribution in [0, 0.1) is 0 Å². The maximum absolute atomic E-state index is 13.2. The van der Waals surface area contributed by atoms with Crippen LogP contribution in [-0.4, -0.2) is 73.1 Å². The van der Waals surface area contributed by atoms with Crippen molar-refractivity contribution in [1.29, 1.82) is 0 Å². The zero-order valence-electron chi connectivity index (χ0n) is 16.3. The van der Waals surface area contributed by atoms with Crippen molar-refractivity contribution in [3.8, 4) is 34.3 Å². The maximum atomic E-state index is 13.2. The molecule has 11 heteroatoms. The molecule has 3 unspecified atom stereocenters. The molecule has 5 atom stereocenters. The number of ether oxygens (including phenoxy) is 2. The molecule has 0 amide bonds. The monoisotopic (exact) mass is 448 g/mol. The minimum Gasteiger partial charge on any atom is -0.508 e. The van der Waals surface area contributed by atoms with Crippen molar-refractivity contribution in [1.82, 2.24) is 0 Å². The van der Waals surface area contributed by atoms with Gasteiger partial charge >= 0.3 is 0 Å². The Kier molecular flexibility index (Phi) is 5.67. The van der Waals surface area contributed by atoms with Crippen LogP contribution in [0.1, 0.15) is 0 Å². The normalized spacial score (nSPS) is 25.7. The predicted molar refractivity (Wildman–Crippen MR) is 107 cm³/mol. The minimum atomic E-state index is -1.80. The highest BCUT2D eigenvalue weighted by molar-refractivity contribution is 5.88. The van der Waals surface area contributed by atoms with Crippen LogP contribution in [0.5, 0.6) is 23.0 Å². The Balaban J connectivity index is 1.89. The van der Waals surface area contributed by atoms with E-state index in [-0.39, 0.29) is 33.8 Å². The molecule has 7 N–H and O–H groups in total. The van der Waals surface area contributed by atoms with Crippen LogP contribution >= 0.6 is 0 Å². The average molecular weight is 448 g/mol. The summed E-state index contributed by atoms with van der Waals surface area (Å²) in [5.41, 5.74) is -0.801. The van der Waals surface area contributed by atoms with Gasteiger partial charge in [0.15, 0.2) is 5.76 Å². The molecule has 32 heavy (non-hydrogen) atoms. The highest BCUT2D eigenvalue weighted by Gasteiger charge is 2.45. The SMILES string of the molecule is O=c1c(OC2OC(CO)[C@@H](O)C(O)[C@H]2O)c(-c2ccc(O)cc2)oc2cc(O)cc(O)c12. The Morgan fingerprint density at radius 2 is 1.59 bits per heavy atom. The molecule has 1 aliphatic rings. The summed E-state index contributed by atoms with van der Waals surface area (Å²) >= 11 is 0. The number of rotatable bonds is 4. The molecule has 1 aromatic heterocycles. The summed E-state index contributed by atoms with van der Waals surface area (Å²) in [6.45, 7) is -0.706. The zero-order chi connectivity index (χ0) is 23.2.